The molecular formula is C12H11F2N3O. The van der Waals surface area contributed by atoms with Crippen LogP contribution in [-0.2, 0) is 11.3 Å². The quantitative estimate of drug-likeness (QED) is 0.908. The molecule has 0 saturated heterocycles. The van der Waals surface area contributed by atoms with Crippen LogP contribution in [0.25, 0.3) is 0 Å². The van der Waals surface area contributed by atoms with Crippen molar-refractivity contribution in [2.75, 3.05) is 5.32 Å². The number of amides is 1. The lowest BCUT2D eigenvalue weighted by atomic mass is 10.2. The van der Waals surface area contributed by atoms with Gasteiger partial charge in [-0.05, 0) is 6.07 Å². The Morgan fingerprint density at radius 1 is 1.39 bits per heavy atom. The van der Waals surface area contributed by atoms with Gasteiger partial charge in [-0.1, -0.05) is 12.1 Å². The van der Waals surface area contributed by atoms with Crippen LogP contribution in [0.3, 0.4) is 0 Å². The number of halogens is 2. The Labute approximate surface area is 102 Å². The molecule has 0 spiro atoms. The summed E-state index contributed by atoms with van der Waals surface area (Å²) in [5.74, 6) is -1.63. The summed E-state index contributed by atoms with van der Waals surface area (Å²) >= 11 is 0. The molecule has 0 aliphatic rings. The number of nitrogens with zero attached hydrogens (tertiary/aromatic N) is 2. The number of aromatic nitrogens is 2. The molecule has 1 aromatic heterocycles. The molecule has 0 aliphatic heterocycles. The molecule has 1 aromatic carbocycles. The van der Waals surface area contributed by atoms with Crippen molar-refractivity contribution in [3.05, 3.63) is 47.7 Å². The molecule has 0 bridgehead atoms. The van der Waals surface area contributed by atoms with Crippen molar-refractivity contribution >= 4 is 11.7 Å². The average Bonchev–Trinajstić information content (AvgIpc) is 2.71. The van der Waals surface area contributed by atoms with Gasteiger partial charge in [0.25, 0.3) is 0 Å². The molecule has 0 atom stereocenters. The fourth-order valence-corrected chi connectivity index (χ4v) is 1.54. The highest BCUT2D eigenvalue weighted by molar-refractivity contribution is 5.87. The van der Waals surface area contributed by atoms with Gasteiger partial charge < -0.3 is 5.32 Å². The molecule has 1 N–H and O–H groups in total. The average molecular weight is 251 g/mol. The highest BCUT2D eigenvalue weighted by atomic mass is 19.2. The second kappa shape index (κ2) is 4.95. The summed E-state index contributed by atoms with van der Waals surface area (Å²) in [6, 6.07) is 5.56. The third-order valence-corrected chi connectivity index (χ3v) is 2.31. The van der Waals surface area contributed by atoms with Gasteiger partial charge in [-0.3, -0.25) is 9.48 Å². The van der Waals surface area contributed by atoms with Crippen LogP contribution in [0, 0.1) is 11.6 Å². The predicted molar refractivity (Wildman–Crippen MR) is 62.0 cm³/mol. The monoisotopic (exact) mass is 251 g/mol. The van der Waals surface area contributed by atoms with Gasteiger partial charge in [-0.2, -0.15) is 5.10 Å². The number of hydrogen-bond acceptors (Lipinski definition) is 2. The highest BCUT2D eigenvalue weighted by Gasteiger charge is 2.09. The van der Waals surface area contributed by atoms with E-state index in [1.54, 1.807) is 12.3 Å². The van der Waals surface area contributed by atoms with E-state index < -0.39 is 11.6 Å². The molecule has 2 rings (SSSR count). The zero-order valence-electron chi connectivity index (χ0n) is 9.65. The van der Waals surface area contributed by atoms with E-state index in [-0.39, 0.29) is 18.0 Å². The van der Waals surface area contributed by atoms with E-state index in [0.29, 0.717) is 5.82 Å². The minimum atomic E-state index is -0.887. The standard InChI is InChI=1S/C12H11F2N3O/c1-8(18)15-11-5-6-17(16-11)7-9-3-2-4-10(13)12(9)14/h2-6H,7H2,1H3,(H,15,16,18). The molecule has 94 valence electrons. The third-order valence-electron chi connectivity index (χ3n) is 2.31. The molecule has 0 unspecified atom stereocenters. The molecule has 2 aromatic rings. The van der Waals surface area contributed by atoms with Gasteiger partial charge in [0.15, 0.2) is 17.5 Å². The van der Waals surface area contributed by atoms with E-state index in [9.17, 15) is 13.6 Å². The van der Waals surface area contributed by atoms with Gasteiger partial charge in [-0.25, -0.2) is 8.78 Å². The Morgan fingerprint density at radius 2 is 2.17 bits per heavy atom. The number of benzene rings is 1. The van der Waals surface area contributed by atoms with Crippen LogP contribution in [0.2, 0.25) is 0 Å². The first-order valence-corrected chi connectivity index (χ1v) is 5.30. The van der Waals surface area contributed by atoms with Gasteiger partial charge in [0.1, 0.15) is 0 Å². The smallest absolute Gasteiger partial charge is 0.222 e. The summed E-state index contributed by atoms with van der Waals surface area (Å²) in [5.41, 5.74) is 0.201. The summed E-state index contributed by atoms with van der Waals surface area (Å²) in [6.07, 6.45) is 1.58. The van der Waals surface area contributed by atoms with Crippen molar-refractivity contribution < 1.29 is 13.6 Å². The van der Waals surface area contributed by atoms with Crippen LogP contribution in [0.15, 0.2) is 30.5 Å². The van der Waals surface area contributed by atoms with Gasteiger partial charge in [0.2, 0.25) is 5.91 Å². The van der Waals surface area contributed by atoms with Gasteiger partial charge in [0.05, 0.1) is 6.54 Å². The van der Waals surface area contributed by atoms with Crippen LogP contribution >= 0.6 is 0 Å². The number of anilines is 1. The van der Waals surface area contributed by atoms with Crippen LogP contribution in [-0.4, -0.2) is 15.7 Å². The Kier molecular flexibility index (Phi) is 3.36. The minimum absolute atomic E-state index is 0.100. The van der Waals surface area contributed by atoms with Crippen LogP contribution in [0.1, 0.15) is 12.5 Å². The maximum atomic E-state index is 13.4. The first kappa shape index (κ1) is 12.2. The maximum Gasteiger partial charge on any atom is 0.222 e. The zero-order valence-corrected chi connectivity index (χ0v) is 9.65. The molecule has 1 amide bonds. The Morgan fingerprint density at radius 3 is 2.89 bits per heavy atom. The first-order chi connectivity index (χ1) is 8.56. The first-order valence-electron chi connectivity index (χ1n) is 5.30. The number of hydrogen-bond donors (Lipinski definition) is 1. The van der Waals surface area contributed by atoms with Crippen molar-refractivity contribution in [1.29, 1.82) is 0 Å². The summed E-state index contributed by atoms with van der Waals surface area (Å²) < 4.78 is 27.8. The number of carbonyl (C=O) groups excluding carboxylic acids is 1. The molecular weight excluding hydrogens is 240 g/mol. The van der Waals surface area contributed by atoms with Crippen LogP contribution in [0.4, 0.5) is 14.6 Å². The van der Waals surface area contributed by atoms with Crippen molar-refractivity contribution in [1.82, 2.24) is 9.78 Å². The Bertz CT molecular complexity index is 580. The molecule has 1 heterocycles. The lowest BCUT2D eigenvalue weighted by Gasteiger charge is -2.04. The summed E-state index contributed by atoms with van der Waals surface area (Å²) in [7, 11) is 0. The van der Waals surface area contributed by atoms with Crippen LogP contribution in [0.5, 0.6) is 0 Å². The molecule has 0 saturated carbocycles. The second-order valence-corrected chi connectivity index (χ2v) is 3.79. The lowest BCUT2D eigenvalue weighted by molar-refractivity contribution is -0.114. The number of carbonyl (C=O) groups is 1. The second-order valence-electron chi connectivity index (χ2n) is 3.79. The topological polar surface area (TPSA) is 46.9 Å². The molecule has 6 heteroatoms. The summed E-state index contributed by atoms with van der Waals surface area (Å²) in [4.78, 5) is 10.8. The predicted octanol–water partition coefficient (Wildman–Crippen LogP) is 2.17. The third kappa shape index (κ3) is 2.71. The molecule has 4 nitrogen and oxygen atoms in total. The summed E-state index contributed by atoms with van der Waals surface area (Å²) in [5, 5.41) is 6.51. The largest absolute Gasteiger partial charge is 0.309 e. The van der Waals surface area contributed by atoms with E-state index >= 15 is 0 Å². The fraction of sp³-hybridized carbons (Fsp3) is 0.167. The molecule has 0 radical (unpaired) electrons. The van der Waals surface area contributed by atoms with E-state index in [1.165, 1.54) is 23.7 Å². The lowest BCUT2D eigenvalue weighted by Crippen LogP contribution is -2.08. The van der Waals surface area contributed by atoms with E-state index in [2.05, 4.69) is 10.4 Å². The van der Waals surface area contributed by atoms with E-state index in [0.717, 1.165) is 6.07 Å². The van der Waals surface area contributed by atoms with E-state index in [4.69, 9.17) is 0 Å². The van der Waals surface area contributed by atoms with Crippen molar-refractivity contribution in [3.63, 3.8) is 0 Å². The van der Waals surface area contributed by atoms with Gasteiger partial charge in [-0.15, -0.1) is 0 Å². The fourth-order valence-electron chi connectivity index (χ4n) is 1.54. The van der Waals surface area contributed by atoms with Crippen LogP contribution < -0.4 is 5.32 Å². The van der Waals surface area contributed by atoms with Gasteiger partial charge >= 0.3 is 0 Å². The Hall–Kier alpha value is -2.24. The van der Waals surface area contributed by atoms with Gasteiger partial charge in [0, 0.05) is 24.8 Å². The summed E-state index contributed by atoms with van der Waals surface area (Å²) in [6.45, 7) is 1.47. The zero-order chi connectivity index (χ0) is 13.1. The molecule has 18 heavy (non-hydrogen) atoms. The van der Waals surface area contributed by atoms with Crippen molar-refractivity contribution in [3.8, 4) is 0 Å². The van der Waals surface area contributed by atoms with Crippen molar-refractivity contribution in [2.45, 2.75) is 13.5 Å². The molecule has 0 aliphatic carbocycles. The number of rotatable bonds is 3. The minimum Gasteiger partial charge on any atom is -0.309 e. The SMILES string of the molecule is CC(=O)Nc1ccn(Cc2cccc(F)c2F)n1. The number of nitrogens with one attached hydrogen (secondary N) is 1. The molecule has 0 fully saturated rings. The maximum absolute atomic E-state index is 13.4. The highest BCUT2D eigenvalue weighted by Crippen LogP contribution is 2.13. The normalized spacial score (nSPS) is 10.4. The van der Waals surface area contributed by atoms with E-state index in [1.807, 2.05) is 0 Å². The Balaban J connectivity index is 2.16. The van der Waals surface area contributed by atoms with Crippen molar-refractivity contribution in [2.24, 2.45) is 0 Å².